The number of rotatable bonds is 5. The van der Waals surface area contributed by atoms with Crippen molar-refractivity contribution in [3.63, 3.8) is 0 Å². The Morgan fingerprint density at radius 2 is 1.89 bits per heavy atom. The Balaban J connectivity index is 2.04. The first-order valence-electron chi connectivity index (χ1n) is 12.9. The molecule has 0 radical (unpaired) electrons. The third kappa shape index (κ3) is 4.97. The van der Waals surface area contributed by atoms with Gasteiger partial charge in [0.2, 0.25) is 5.91 Å². The Bertz CT molecular complexity index is 1510. The van der Waals surface area contributed by atoms with E-state index in [0.29, 0.717) is 46.3 Å². The lowest BCUT2D eigenvalue weighted by Gasteiger charge is -2.44. The molecular weight excluding hydrogens is 500 g/mol. The summed E-state index contributed by atoms with van der Waals surface area (Å²) in [4.78, 5) is 44.3. The highest BCUT2D eigenvalue weighted by Crippen LogP contribution is 2.33. The number of aromatic nitrogens is 4. The van der Waals surface area contributed by atoms with Gasteiger partial charge in [-0.3, -0.25) is 9.78 Å². The van der Waals surface area contributed by atoms with Crippen LogP contribution in [0.2, 0.25) is 5.02 Å². The van der Waals surface area contributed by atoms with E-state index >= 15 is 0 Å². The van der Waals surface area contributed by atoms with E-state index in [2.05, 4.69) is 21.4 Å². The molecule has 0 N–H and O–H groups in total. The molecule has 9 heteroatoms. The van der Waals surface area contributed by atoms with E-state index in [1.54, 1.807) is 15.7 Å². The fraction of sp³-hybridized carbons (Fsp3) is 0.414. The minimum Gasteiger partial charge on any atom is -0.349 e. The van der Waals surface area contributed by atoms with Gasteiger partial charge in [-0.05, 0) is 70.4 Å². The van der Waals surface area contributed by atoms with Crippen molar-refractivity contribution >= 4 is 40.4 Å². The quantitative estimate of drug-likeness (QED) is 0.413. The Morgan fingerprint density at radius 1 is 1.18 bits per heavy atom. The average molecular weight is 535 g/mol. The molecule has 0 spiro atoms. The van der Waals surface area contributed by atoms with E-state index in [1.807, 2.05) is 66.7 Å². The summed E-state index contributed by atoms with van der Waals surface area (Å²) in [6, 6.07) is 3.54. The van der Waals surface area contributed by atoms with Crippen molar-refractivity contribution in [3.8, 4) is 5.69 Å². The van der Waals surface area contributed by atoms with Crippen LogP contribution in [0.25, 0.3) is 22.8 Å². The molecule has 3 aromatic rings. The molecule has 0 saturated carbocycles. The van der Waals surface area contributed by atoms with Crippen LogP contribution in [-0.2, 0) is 4.79 Å². The van der Waals surface area contributed by atoms with Crippen LogP contribution in [-0.4, -0.2) is 55.5 Å². The summed E-state index contributed by atoms with van der Waals surface area (Å²) in [6.07, 6.45) is 5.00. The van der Waals surface area contributed by atoms with Gasteiger partial charge in [-0.1, -0.05) is 37.6 Å². The van der Waals surface area contributed by atoms with Crippen LogP contribution in [0, 0.1) is 6.92 Å². The predicted molar refractivity (Wildman–Crippen MR) is 154 cm³/mol. The summed E-state index contributed by atoms with van der Waals surface area (Å²) in [6.45, 7) is 18.6. The van der Waals surface area contributed by atoms with Crippen molar-refractivity contribution in [2.75, 3.05) is 18.0 Å². The van der Waals surface area contributed by atoms with Crippen molar-refractivity contribution in [2.45, 2.75) is 66.5 Å². The van der Waals surface area contributed by atoms with Crippen molar-refractivity contribution in [1.82, 2.24) is 24.4 Å². The maximum Gasteiger partial charge on any atom is 0.355 e. The maximum absolute atomic E-state index is 13.9. The second kappa shape index (κ2) is 10.7. The van der Waals surface area contributed by atoms with Gasteiger partial charge in [-0.2, -0.15) is 4.98 Å². The number of amides is 1. The lowest BCUT2D eigenvalue weighted by molar-refractivity contribution is -0.128. The van der Waals surface area contributed by atoms with E-state index in [4.69, 9.17) is 16.6 Å². The molecule has 1 saturated heterocycles. The van der Waals surface area contributed by atoms with Crippen LogP contribution in [0.5, 0.6) is 0 Å². The van der Waals surface area contributed by atoms with Crippen LogP contribution < -0.4 is 10.6 Å². The van der Waals surface area contributed by atoms with Gasteiger partial charge in [0.1, 0.15) is 5.82 Å². The van der Waals surface area contributed by atoms with Gasteiger partial charge in [-0.25, -0.2) is 14.3 Å². The van der Waals surface area contributed by atoms with E-state index in [-0.39, 0.29) is 23.9 Å². The summed E-state index contributed by atoms with van der Waals surface area (Å²) in [5.74, 6) is 0.478. The van der Waals surface area contributed by atoms with Crippen molar-refractivity contribution in [2.24, 2.45) is 0 Å². The molecule has 0 aliphatic carbocycles. The fourth-order valence-electron chi connectivity index (χ4n) is 5.05. The number of piperazine rings is 1. The van der Waals surface area contributed by atoms with Crippen LogP contribution in [0.3, 0.4) is 0 Å². The first-order valence-corrected chi connectivity index (χ1v) is 13.3. The smallest absolute Gasteiger partial charge is 0.349 e. The number of hydrogen-bond acceptors (Lipinski definition) is 6. The number of aryl methyl sites for hydroxylation is 1. The minimum atomic E-state index is -0.437. The molecule has 1 amide bonds. The maximum atomic E-state index is 13.9. The summed E-state index contributed by atoms with van der Waals surface area (Å²) < 4.78 is 1.57. The first kappa shape index (κ1) is 27.5. The Hall–Kier alpha value is -3.52. The van der Waals surface area contributed by atoms with Crippen LogP contribution in [0.1, 0.15) is 64.4 Å². The number of allylic oxidation sites excluding steroid dienone is 1. The average Bonchev–Trinajstić information content (AvgIpc) is 2.85. The number of nitrogens with zero attached hydrogens (tertiary/aromatic N) is 6. The normalized spacial score (nSPS) is 17.7. The zero-order chi connectivity index (χ0) is 27.9. The van der Waals surface area contributed by atoms with Crippen LogP contribution in [0.15, 0.2) is 41.4 Å². The third-order valence-corrected chi connectivity index (χ3v) is 7.20. The molecular formula is C29H35ClN6O2. The molecule has 0 bridgehead atoms. The zero-order valence-corrected chi connectivity index (χ0v) is 23.9. The van der Waals surface area contributed by atoms with Gasteiger partial charge in [0.25, 0.3) is 0 Å². The number of fused-ring (bicyclic) bond motifs is 1. The monoisotopic (exact) mass is 534 g/mol. The summed E-state index contributed by atoms with van der Waals surface area (Å²) >= 11 is 6.74. The van der Waals surface area contributed by atoms with Crippen molar-refractivity contribution in [1.29, 1.82) is 0 Å². The predicted octanol–water partition coefficient (Wildman–Crippen LogP) is 5.30. The van der Waals surface area contributed by atoms with Gasteiger partial charge >= 0.3 is 5.69 Å². The van der Waals surface area contributed by atoms with Crippen molar-refractivity contribution in [3.05, 3.63) is 69.0 Å². The molecule has 200 valence electrons. The molecule has 0 aromatic carbocycles. The van der Waals surface area contributed by atoms with E-state index in [1.165, 1.54) is 6.08 Å². The second-order valence-corrected chi connectivity index (χ2v) is 11.0. The summed E-state index contributed by atoms with van der Waals surface area (Å²) in [5, 5.41) is 1.14. The van der Waals surface area contributed by atoms with Gasteiger partial charge in [0.15, 0.2) is 5.65 Å². The summed E-state index contributed by atoms with van der Waals surface area (Å²) in [7, 11) is 0. The SMILES string of the molecule is C=CC(=O)N1C[C@H](C)N(c2nc(=O)n(-c3c(C)ccnc3C(C)C)c3nc(C=C(C)C)c(Cl)cc23)C[C@H]1C. The van der Waals surface area contributed by atoms with Crippen molar-refractivity contribution < 1.29 is 4.79 Å². The van der Waals surface area contributed by atoms with Crippen LogP contribution in [0.4, 0.5) is 5.82 Å². The lowest BCUT2D eigenvalue weighted by Crippen LogP contribution is -2.58. The number of carbonyl (C=O) groups excluding carboxylic acids is 1. The van der Waals surface area contributed by atoms with Gasteiger partial charge in [0, 0.05) is 31.4 Å². The molecule has 2 atom stereocenters. The number of anilines is 1. The Kier molecular flexibility index (Phi) is 7.74. The largest absolute Gasteiger partial charge is 0.355 e. The first-order chi connectivity index (χ1) is 17.9. The lowest BCUT2D eigenvalue weighted by atomic mass is 10.0. The molecule has 38 heavy (non-hydrogen) atoms. The standard InChI is InChI=1S/C29H35ClN6O2/c1-9-24(37)34-14-20(8)35(15-19(34)7)27-21-13-22(30)23(12-16(2)3)32-28(21)36(29(38)33-27)26-18(6)10-11-31-25(26)17(4)5/h9-13,17,19-20H,1,14-15H2,2-8H3/t19-,20+/m1/s1. The van der Waals surface area contributed by atoms with E-state index in [9.17, 15) is 9.59 Å². The minimum absolute atomic E-state index is 0.0763. The highest BCUT2D eigenvalue weighted by atomic mass is 35.5. The highest BCUT2D eigenvalue weighted by Gasteiger charge is 2.34. The molecule has 1 fully saturated rings. The summed E-state index contributed by atoms with van der Waals surface area (Å²) in [5.41, 5.74) is 4.04. The zero-order valence-electron chi connectivity index (χ0n) is 23.1. The molecule has 1 aliphatic rings. The number of pyridine rings is 2. The number of hydrogen-bond donors (Lipinski definition) is 0. The Labute approximate surface area is 228 Å². The van der Waals surface area contributed by atoms with Gasteiger partial charge < -0.3 is 9.80 Å². The van der Waals surface area contributed by atoms with E-state index < -0.39 is 5.69 Å². The molecule has 8 nitrogen and oxygen atoms in total. The Morgan fingerprint density at radius 3 is 2.53 bits per heavy atom. The van der Waals surface area contributed by atoms with Gasteiger partial charge in [-0.15, -0.1) is 0 Å². The molecule has 1 aliphatic heterocycles. The second-order valence-electron chi connectivity index (χ2n) is 10.6. The molecule has 3 aromatic heterocycles. The van der Waals surface area contributed by atoms with Gasteiger partial charge in [0.05, 0.1) is 27.5 Å². The third-order valence-electron chi connectivity index (χ3n) is 6.89. The van der Waals surface area contributed by atoms with E-state index in [0.717, 1.165) is 16.8 Å². The number of carbonyl (C=O) groups is 1. The van der Waals surface area contributed by atoms with Crippen LogP contribution >= 0.6 is 11.6 Å². The molecule has 4 rings (SSSR count). The molecule has 0 unspecified atom stereocenters. The topological polar surface area (TPSA) is 84.2 Å². The fourth-order valence-corrected chi connectivity index (χ4v) is 5.25. The highest BCUT2D eigenvalue weighted by molar-refractivity contribution is 6.32. The molecule has 4 heterocycles. The number of halogens is 1.